The predicted octanol–water partition coefficient (Wildman–Crippen LogP) is 3.57. The topological polar surface area (TPSA) is 33.2 Å². The summed E-state index contributed by atoms with van der Waals surface area (Å²) < 4.78 is 0. The van der Waals surface area contributed by atoms with Gasteiger partial charge in [0.05, 0.1) is 11.9 Å². The highest BCUT2D eigenvalue weighted by atomic mass is 16.2. The van der Waals surface area contributed by atoms with Gasteiger partial charge in [-0.1, -0.05) is 43.5 Å². The van der Waals surface area contributed by atoms with E-state index in [1.165, 1.54) is 19.3 Å². The maximum atomic E-state index is 12.6. The Bertz CT molecular complexity index is 627. The van der Waals surface area contributed by atoms with E-state index in [1.807, 2.05) is 42.3 Å². The molecule has 0 N–H and O–H groups in total. The van der Waals surface area contributed by atoms with Crippen LogP contribution >= 0.6 is 0 Å². The first kappa shape index (κ1) is 14.1. The average Bonchev–Trinajstić information content (AvgIpc) is 2.55. The van der Waals surface area contributed by atoms with Gasteiger partial charge in [0, 0.05) is 24.7 Å². The molecule has 0 aliphatic heterocycles. The van der Waals surface area contributed by atoms with Gasteiger partial charge < -0.3 is 4.90 Å². The van der Waals surface area contributed by atoms with Crippen LogP contribution in [-0.4, -0.2) is 28.9 Å². The monoisotopic (exact) mass is 282 g/mol. The van der Waals surface area contributed by atoms with E-state index < -0.39 is 0 Å². The van der Waals surface area contributed by atoms with Crippen molar-refractivity contribution >= 4 is 16.8 Å². The fourth-order valence-corrected chi connectivity index (χ4v) is 3.27. The molecule has 21 heavy (non-hydrogen) atoms. The van der Waals surface area contributed by atoms with Gasteiger partial charge in [0.15, 0.2) is 0 Å². The molecule has 1 aliphatic rings. The van der Waals surface area contributed by atoms with Gasteiger partial charge in [0.25, 0.3) is 0 Å². The normalized spacial score (nSPS) is 16.0. The zero-order chi connectivity index (χ0) is 14.7. The number of para-hydroxylation sites is 1. The largest absolute Gasteiger partial charge is 0.342 e. The Hall–Kier alpha value is -1.90. The van der Waals surface area contributed by atoms with Crippen LogP contribution in [0.25, 0.3) is 10.9 Å². The summed E-state index contributed by atoms with van der Waals surface area (Å²) >= 11 is 0. The van der Waals surface area contributed by atoms with Crippen molar-refractivity contribution in [2.45, 2.75) is 44.6 Å². The third-order valence-electron chi connectivity index (χ3n) is 4.57. The molecule has 3 rings (SSSR count). The number of nitrogens with zero attached hydrogens (tertiary/aromatic N) is 2. The highest BCUT2D eigenvalue weighted by molar-refractivity contribution is 5.87. The second-order valence-corrected chi connectivity index (χ2v) is 5.97. The molecule has 0 radical (unpaired) electrons. The second kappa shape index (κ2) is 6.25. The zero-order valence-corrected chi connectivity index (χ0v) is 12.6. The van der Waals surface area contributed by atoms with Crippen molar-refractivity contribution in [3.8, 4) is 0 Å². The molecule has 1 amide bonds. The molecule has 1 aromatic carbocycles. The summed E-state index contributed by atoms with van der Waals surface area (Å²) in [5.74, 6) is 0.208. The van der Waals surface area contributed by atoms with Crippen molar-refractivity contribution in [1.82, 2.24) is 9.88 Å². The van der Waals surface area contributed by atoms with Gasteiger partial charge in [-0.05, 0) is 24.5 Å². The number of hydrogen-bond donors (Lipinski definition) is 0. The molecule has 0 bridgehead atoms. The van der Waals surface area contributed by atoms with Gasteiger partial charge in [0.1, 0.15) is 0 Å². The minimum absolute atomic E-state index is 0.208. The SMILES string of the molecule is CN(C(=O)Cc1cccc2cccnc12)C1CCCCC1. The molecule has 0 unspecified atom stereocenters. The van der Waals surface area contributed by atoms with Crippen LogP contribution in [0.1, 0.15) is 37.7 Å². The minimum Gasteiger partial charge on any atom is -0.342 e. The zero-order valence-electron chi connectivity index (χ0n) is 12.6. The van der Waals surface area contributed by atoms with Gasteiger partial charge in [-0.15, -0.1) is 0 Å². The van der Waals surface area contributed by atoms with Crippen LogP contribution < -0.4 is 0 Å². The molecular formula is C18H22N2O. The van der Waals surface area contributed by atoms with Crippen LogP contribution in [0.15, 0.2) is 36.5 Å². The first-order valence-electron chi connectivity index (χ1n) is 7.84. The molecule has 1 aromatic heterocycles. The van der Waals surface area contributed by atoms with Gasteiger partial charge in [-0.3, -0.25) is 9.78 Å². The van der Waals surface area contributed by atoms with E-state index >= 15 is 0 Å². The van der Waals surface area contributed by atoms with Crippen LogP contribution in [0.5, 0.6) is 0 Å². The molecule has 3 nitrogen and oxygen atoms in total. The van der Waals surface area contributed by atoms with Crippen molar-refractivity contribution in [2.24, 2.45) is 0 Å². The summed E-state index contributed by atoms with van der Waals surface area (Å²) in [7, 11) is 1.96. The van der Waals surface area contributed by atoms with Crippen molar-refractivity contribution < 1.29 is 4.79 Å². The first-order chi connectivity index (χ1) is 10.3. The molecular weight excluding hydrogens is 260 g/mol. The summed E-state index contributed by atoms with van der Waals surface area (Å²) in [6.07, 6.45) is 8.34. The van der Waals surface area contributed by atoms with E-state index in [-0.39, 0.29) is 5.91 Å². The van der Waals surface area contributed by atoms with Crippen LogP contribution in [0.3, 0.4) is 0 Å². The Morgan fingerprint density at radius 1 is 1.19 bits per heavy atom. The van der Waals surface area contributed by atoms with E-state index in [0.717, 1.165) is 29.3 Å². The van der Waals surface area contributed by atoms with Crippen molar-refractivity contribution in [2.75, 3.05) is 7.05 Å². The maximum absolute atomic E-state index is 12.6. The number of aromatic nitrogens is 1. The number of carbonyl (C=O) groups is 1. The van der Waals surface area contributed by atoms with Gasteiger partial charge in [-0.25, -0.2) is 0 Å². The van der Waals surface area contributed by atoms with Crippen LogP contribution in [0.2, 0.25) is 0 Å². The molecule has 0 atom stereocenters. The molecule has 2 aromatic rings. The number of fused-ring (bicyclic) bond motifs is 1. The predicted molar refractivity (Wildman–Crippen MR) is 85.1 cm³/mol. The lowest BCUT2D eigenvalue weighted by molar-refractivity contribution is -0.131. The Morgan fingerprint density at radius 2 is 1.95 bits per heavy atom. The lowest BCUT2D eigenvalue weighted by atomic mass is 9.94. The molecule has 3 heteroatoms. The first-order valence-corrected chi connectivity index (χ1v) is 7.84. The van der Waals surface area contributed by atoms with Crippen LogP contribution in [-0.2, 0) is 11.2 Å². The van der Waals surface area contributed by atoms with E-state index in [0.29, 0.717) is 12.5 Å². The summed E-state index contributed by atoms with van der Waals surface area (Å²) in [5.41, 5.74) is 1.98. The Balaban J connectivity index is 1.76. The number of likely N-dealkylation sites (N-methyl/N-ethyl adjacent to an activating group) is 1. The second-order valence-electron chi connectivity index (χ2n) is 5.97. The van der Waals surface area contributed by atoms with Crippen LogP contribution in [0, 0.1) is 0 Å². The van der Waals surface area contributed by atoms with Gasteiger partial charge in [-0.2, -0.15) is 0 Å². The lowest BCUT2D eigenvalue weighted by Gasteiger charge is -2.31. The Morgan fingerprint density at radius 3 is 2.76 bits per heavy atom. The number of benzene rings is 1. The maximum Gasteiger partial charge on any atom is 0.227 e. The summed E-state index contributed by atoms with van der Waals surface area (Å²) in [4.78, 5) is 18.9. The molecule has 1 heterocycles. The van der Waals surface area contributed by atoms with Gasteiger partial charge >= 0.3 is 0 Å². The molecule has 1 fully saturated rings. The smallest absolute Gasteiger partial charge is 0.227 e. The minimum atomic E-state index is 0.208. The number of pyridine rings is 1. The number of carbonyl (C=O) groups excluding carboxylic acids is 1. The van der Waals surface area contributed by atoms with Crippen LogP contribution in [0.4, 0.5) is 0 Å². The summed E-state index contributed by atoms with van der Waals surface area (Å²) in [5, 5.41) is 1.10. The van der Waals surface area contributed by atoms with Crippen molar-refractivity contribution in [3.05, 3.63) is 42.1 Å². The van der Waals surface area contributed by atoms with Crippen molar-refractivity contribution in [3.63, 3.8) is 0 Å². The van der Waals surface area contributed by atoms with E-state index in [9.17, 15) is 4.79 Å². The fraction of sp³-hybridized carbons (Fsp3) is 0.444. The number of amides is 1. The van der Waals surface area contributed by atoms with Crippen molar-refractivity contribution in [1.29, 1.82) is 0 Å². The van der Waals surface area contributed by atoms with E-state index in [4.69, 9.17) is 0 Å². The highest BCUT2D eigenvalue weighted by Crippen LogP contribution is 2.23. The summed E-state index contributed by atoms with van der Waals surface area (Å²) in [6, 6.07) is 10.5. The summed E-state index contributed by atoms with van der Waals surface area (Å²) in [6.45, 7) is 0. The quantitative estimate of drug-likeness (QED) is 0.862. The average molecular weight is 282 g/mol. The third-order valence-corrected chi connectivity index (χ3v) is 4.57. The molecule has 0 spiro atoms. The Kier molecular flexibility index (Phi) is 4.18. The van der Waals surface area contributed by atoms with E-state index in [2.05, 4.69) is 4.98 Å². The standard InChI is InChI=1S/C18H22N2O/c1-20(16-10-3-2-4-11-16)17(21)13-15-8-5-7-14-9-6-12-19-18(14)15/h5-9,12,16H,2-4,10-11,13H2,1H3. The molecule has 1 saturated carbocycles. The number of rotatable bonds is 3. The fourth-order valence-electron chi connectivity index (χ4n) is 3.27. The van der Waals surface area contributed by atoms with E-state index in [1.54, 1.807) is 6.20 Å². The number of hydrogen-bond acceptors (Lipinski definition) is 2. The lowest BCUT2D eigenvalue weighted by Crippen LogP contribution is -2.39. The van der Waals surface area contributed by atoms with Gasteiger partial charge in [0.2, 0.25) is 5.91 Å². The molecule has 0 saturated heterocycles. The third kappa shape index (κ3) is 3.07. The molecule has 110 valence electrons. The Labute approximate surface area is 126 Å². The molecule has 1 aliphatic carbocycles. The highest BCUT2D eigenvalue weighted by Gasteiger charge is 2.22.